The fraction of sp³-hybridized carbons (Fsp3) is 0.722. The second-order valence-electron chi connectivity index (χ2n) is 7.93. The maximum absolute atomic E-state index is 12.5. The number of imidazole rings is 1. The van der Waals surface area contributed by atoms with E-state index in [2.05, 4.69) is 15.6 Å². The molecule has 0 aliphatic heterocycles. The zero-order valence-electron chi connectivity index (χ0n) is 16.6. The number of hydrogen-bond donors (Lipinski definition) is 3. The van der Waals surface area contributed by atoms with Gasteiger partial charge in [-0.2, -0.15) is 0 Å². The Morgan fingerprint density at radius 1 is 1.31 bits per heavy atom. The third-order valence-electron chi connectivity index (χ3n) is 3.84. The molecule has 0 aliphatic carbocycles. The van der Waals surface area contributed by atoms with Crippen molar-refractivity contribution < 1.29 is 19.4 Å². The SMILES string of the molecule is CCCC(NC(=O)OC(C)(C)C)C(=O)Nc1cn(C(C)(C)CCO)cn1. The predicted octanol–water partition coefficient (Wildman–Crippen LogP) is 2.63. The zero-order valence-corrected chi connectivity index (χ0v) is 16.6. The predicted molar refractivity (Wildman–Crippen MR) is 99.9 cm³/mol. The van der Waals surface area contributed by atoms with Gasteiger partial charge in [-0.25, -0.2) is 9.78 Å². The fourth-order valence-electron chi connectivity index (χ4n) is 2.34. The number of nitrogens with zero attached hydrogens (tertiary/aromatic N) is 2. The van der Waals surface area contributed by atoms with Gasteiger partial charge in [-0.05, 0) is 47.5 Å². The molecule has 0 fully saturated rings. The van der Waals surface area contributed by atoms with Gasteiger partial charge in [0.15, 0.2) is 5.82 Å². The van der Waals surface area contributed by atoms with Gasteiger partial charge in [0.1, 0.15) is 11.6 Å². The van der Waals surface area contributed by atoms with Crippen LogP contribution < -0.4 is 10.6 Å². The largest absolute Gasteiger partial charge is 0.444 e. The van der Waals surface area contributed by atoms with Crippen molar-refractivity contribution in [1.82, 2.24) is 14.9 Å². The van der Waals surface area contributed by atoms with E-state index in [1.54, 1.807) is 33.3 Å². The fourth-order valence-corrected chi connectivity index (χ4v) is 2.34. The summed E-state index contributed by atoms with van der Waals surface area (Å²) in [6, 6.07) is -0.703. The van der Waals surface area contributed by atoms with Gasteiger partial charge in [0.05, 0.1) is 6.33 Å². The van der Waals surface area contributed by atoms with Gasteiger partial charge in [0.2, 0.25) is 5.91 Å². The molecule has 1 aromatic heterocycles. The highest BCUT2D eigenvalue weighted by Gasteiger charge is 2.25. The van der Waals surface area contributed by atoms with Crippen LogP contribution in [0.1, 0.15) is 60.8 Å². The summed E-state index contributed by atoms with van der Waals surface area (Å²) in [7, 11) is 0. The first-order valence-corrected chi connectivity index (χ1v) is 8.94. The zero-order chi connectivity index (χ0) is 20.0. The van der Waals surface area contributed by atoms with Crippen molar-refractivity contribution in [1.29, 1.82) is 0 Å². The Bertz CT molecular complexity index is 605. The van der Waals surface area contributed by atoms with Gasteiger partial charge in [0, 0.05) is 18.3 Å². The number of aromatic nitrogens is 2. The maximum atomic E-state index is 12.5. The second-order valence-corrected chi connectivity index (χ2v) is 7.93. The van der Waals surface area contributed by atoms with Crippen LogP contribution >= 0.6 is 0 Å². The molecule has 26 heavy (non-hydrogen) atoms. The van der Waals surface area contributed by atoms with E-state index in [0.29, 0.717) is 18.7 Å². The first-order valence-electron chi connectivity index (χ1n) is 8.94. The Kier molecular flexibility index (Phi) is 7.62. The van der Waals surface area contributed by atoms with Crippen molar-refractivity contribution >= 4 is 17.8 Å². The van der Waals surface area contributed by atoms with E-state index in [0.717, 1.165) is 6.42 Å². The molecular formula is C18H32N4O4. The molecule has 0 aromatic carbocycles. The van der Waals surface area contributed by atoms with Gasteiger partial charge >= 0.3 is 6.09 Å². The van der Waals surface area contributed by atoms with Crippen LogP contribution in [0.25, 0.3) is 0 Å². The molecule has 0 bridgehead atoms. The summed E-state index contributed by atoms with van der Waals surface area (Å²) in [5.41, 5.74) is -0.948. The molecule has 1 rings (SSSR count). The Morgan fingerprint density at radius 3 is 2.50 bits per heavy atom. The van der Waals surface area contributed by atoms with Crippen LogP contribution in [0.3, 0.4) is 0 Å². The molecular weight excluding hydrogens is 336 g/mol. The molecule has 8 nitrogen and oxygen atoms in total. The average Bonchev–Trinajstić information content (AvgIpc) is 2.94. The standard InChI is InChI=1S/C18H32N4O4/c1-7-8-13(20-16(25)26-17(2,3)4)15(24)21-14-11-22(12-19-14)18(5,6)9-10-23/h11-13,23H,7-10H2,1-6H3,(H,20,25)(H,21,24). The van der Waals surface area contributed by atoms with Gasteiger partial charge in [-0.15, -0.1) is 0 Å². The van der Waals surface area contributed by atoms with Crippen molar-refractivity contribution in [2.24, 2.45) is 0 Å². The van der Waals surface area contributed by atoms with Gasteiger partial charge in [0.25, 0.3) is 0 Å². The number of nitrogens with one attached hydrogen (secondary N) is 2. The van der Waals surface area contributed by atoms with Crippen LogP contribution in [0.4, 0.5) is 10.6 Å². The number of ether oxygens (including phenoxy) is 1. The quantitative estimate of drug-likeness (QED) is 0.654. The normalized spacial score (nSPS) is 13.2. The van der Waals surface area contributed by atoms with Crippen LogP contribution in [0.2, 0.25) is 0 Å². The van der Waals surface area contributed by atoms with E-state index < -0.39 is 17.7 Å². The Morgan fingerprint density at radius 2 is 1.96 bits per heavy atom. The van der Waals surface area contributed by atoms with Crippen LogP contribution in [-0.2, 0) is 15.1 Å². The number of carbonyl (C=O) groups excluding carboxylic acids is 2. The van der Waals surface area contributed by atoms with Gasteiger partial charge < -0.3 is 25.0 Å². The molecule has 0 saturated heterocycles. The summed E-state index contributed by atoms with van der Waals surface area (Å²) in [4.78, 5) is 28.7. The van der Waals surface area contributed by atoms with E-state index >= 15 is 0 Å². The highest BCUT2D eigenvalue weighted by atomic mass is 16.6. The maximum Gasteiger partial charge on any atom is 0.408 e. The highest BCUT2D eigenvalue weighted by molar-refractivity contribution is 5.95. The van der Waals surface area contributed by atoms with E-state index in [-0.39, 0.29) is 18.1 Å². The number of aliphatic hydroxyl groups excluding tert-OH is 1. The number of alkyl carbamates (subject to hydrolysis) is 1. The van der Waals surface area contributed by atoms with Crippen LogP contribution in [0.15, 0.2) is 12.5 Å². The van der Waals surface area contributed by atoms with Crippen LogP contribution in [0, 0.1) is 0 Å². The number of hydrogen-bond acceptors (Lipinski definition) is 5. The Labute approximate surface area is 155 Å². The number of aliphatic hydroxyl groups is 1. The number of amides is 2. The van der Waals surface area contributed by atoms with Crippen molar-refractivity contribution in [2.45, 2.75) is 78.0 Å². The summed E-state index contributed by atoms with van der Waals surface area (Å²) >= 11 is 0. The van der Waals surface area contributed by atoms with E-state index in [9.17, 15) is 9.59 Å². The molecule has 1 heterocycles. The Hall–Kier alpha value is -2.09. The molecule has 0 aliphatic rings. The van der Waals surface area contributed by atoms with Crippen molar-refractivity contribution in [3.8, 4) is 0 Å². The lowest BCUT2D eigenvalue weighted by molar-refractivity contribution is -0.118. The molecule has 2 amide bonds. The smallest absolute Gasteiger partial charge is 0.408 e. The van der Waals surface area contributed by atoms with E-state index in [1.807, 2.05) is 25.3 Å². The second kappa shape index (κ2) is 9.02. The van der Waals surface area contributed by atoms with Gasteiger partial charge in [-0.1, -0.05) is 13.3 Å². The minimum absolute atomic E-state index is 0.0608. The first-order chi connectivity index (χ1) is 12.0. The molecule has 1 unspecified atom stereocenters. The lowest BCUT2D eigenvalue weighted by Gasteiger charge is -2.25. The monoisotopic (exact) mass is 368 g/mol. The summed E-state index contributed by atoms with van der Waals surface area (Å²) in [5.74, 6) is 0.0519. The van der Waals surface area contributed by atoms with Crippen molar-refractivity contribution in [2.75, 3.05) is 11.9 Å². The minimum atomic E-state index is -0.703. The molecule has 1 aromatic rings. The van der Waals surface area contributed by atoms with Crippen LogP contribution in [-0.4, -0.2) is 44.9 Å². The summed E-state index contributed by atoms with van der Waals surface area (Å²) in [6.07, 6.45) is 4.48. The molecule has 1 atom stereocenters. The lowest BCUT2D eigenvalue weighted by Crippen LogP contribution is -2.45. The number of rotatable bonds is 8. The van der Waals surface area contributed by atoms with Gasteiger partial charge in [-0.3, -0.25) is 4.79 Å². The number of carbonyl (C=O) groups is 2. The molecule has 3 N–H and O–H groups in total. The van der Waals surface area contributed by atoms with Crippen LogP contribution in [0.5, 0.6) is 0 Å². The molecule has 0 saturated carbocycles. The molecule has 148 valence electrons. The Balaban J connectivity index is 2.76. The van der Waals surface area contributed by atoms with Crippen molar-refractivity contribution in [3.63, 3.8) is 0 Å². The van der Waals surface area contributed by atoms with E-state index in [1.165, 1.54) is 0 Å². The minimum Gasteiger partial charge on any atom is -0.444 e. The average molecular weight is 368 g/mol. The number of anilines is 1. The molecule has 8 heteroatoms. The lowest BCUT2D eigenvalue weighted by atomic mass is 10.0. The molecule has 0 radical (unpaired) electrons. The third-order valence-corrected chi connectivity index (χ3v) is 3.84. The highest BCUT2D eigenvalue weighted by Crippen LogP contribution is 2.21. The topological polar surface area (TPSA) is 105 Å². The summed E-state index contributed by atoms with van der Waals surface area (Å²) in [6.45, 7) is 11.2. The summed E-state index contributed by atoms with van der Waals surface area (Å²) in [5, 5.41) is 14.5. The van der Waals surface area contributed by atoms with Crippen molar-refractivity contribution in [3.05, 3.63) is 12.5 Å². The molecule has 0 spiro atoms. The van der Waals surface area contributed by atoms with E-state index in [4.69, 9.17) is 9.84 Å². The first kappa shape index (κ1) is 22.0. The summed E-state index contributed by atoms with van der Waals surface area (Å²) < 4.78 is 7.06. The third kappa shape index (κ3) is 7.03.